The summed E-state index contributed by atoms with van der Waals surface area (Å²) in [5, 5.41) is 8.45. The highest BCUT2D eigenvalue weighted by Crippen LogP contribution is 2.30. The van der Waals surface area contributed by atoms with Gasteiger partial charge in [0, 0.05) is 18.0 Å². The number of hydrogen-bond donors (Lipinski definition) is 0. The summed E-state index contributed by atoms with van der Waals surface area (Å²) in [4.78, 5) is 3.62. The molecule has 3 nitrogen and oxygen atoms in total. The van der Waals surface area contributed by atoms with Crippen LogP contribution in [0, 0.1) is 11.3 Å². The van der Waals surface area contributed by atoms with Crippen molar-refractivity contribution in [2.45, 2.75) is 12.8 Å². The molecular weight excluding hydrogens is 190 g/mol. The molecule has 0 aliphatic rings. The molecule has 5 heteroatoms. The van der Waals surface area contributed by atoms with E-state index < -0.39 is 6.43 Å². The Morgan fingerprint density at radius 1 is 1.57 bits per heavy atom. The standard InChI is InChI=1S/C9H8F2N2O/c1-14-8-6(2-3-12)4-13-5-7(8)9(10)11/h4-5,9H,2H2,1H3. The lowest BCUT2D eigenvalue weighted by Crippen LogP contribution is -1.98. The van der Waals surface area contributed by atoms with E-state index in [0.717, 1.165) is 6.20 Å². The number of rotatable bonds is 3. The molecule has 0 N–H and O–H groups in total. The molecular formula is C9H8F2N2O. The minimum absolute atomic E-state index is 0.0106. The maximum absolute atomic E-state index is 12.4. The Labute approximate surface area is 79.9 Å². The van der Waals surface area contributed by atoms with Crippen LogP contribution in [-0.2, 0) is 6.42 Å². The van der Waals surface area contributed by atoms with Crippen molar-refractivity contribution in [2.75, 3.05) is 7.11 Å². The van der Waals surface area contributed by atoms with E-state index in [1.54, 1.807) is 0 Å². The SMILES string of the molecule is COc1c(CC#N)cncc1C(F)F. The molecule has 1 aromatic heterocycles. The molecule has 0 aliphatic heterocycles. The first-order valence-electron chi connectivity index (χ1n) is 3.86. The van der Waals surface area contributed by atoms with E-state index in [-0.39, 0.29) is 17.7 Å². The zero-order chi connectivity index (χ0) is 10.6. The Morgan fingerprint density at radius 2 is 2.29 bits per heavy atom. The van der Waals surface area contributed by atoms with Crippen LogP contribution >= 0.6 is 0 Å². The third-order valence-electron chi connectivity index (χ3n) is 1.71. The topological polar surface area (TPSA) is 45.9 Å². The number of nitriles is 1. The Hall–Kier alpha value is -1.70. The van der Waals surface area contributed by atoms with Crippen molar-refractivity contribution in [2.24, 2.45) is 0 Å². The summed E-state index contributed by atoms with van der Waals surface area (Å²) >= 11 is 0. The summed E-state index contributed by atoms with van der Waals surface area (Å²) in [5.74, 6) is 0.0524. The second-order valence-electron chi connectivity index (χ2n) is 2.56. The second kappa shape index (κ2) is 4.51. The second-order valence-corrected chi connectivity index (χ2v) is 2.56. The number of nitrogens with zero attached hydrogens (tertiary/aromatic N) is 2. The Bertz CT molecular complexity index is 360. The van der Waals surface area contributed by atoms with Gasteiger partial charge in [0.2, 0.25) is 0 Å². The molecule has 1 heterocycles. The largest absolute Gasteiger partial charge is 0.496 e. The van der Waals surface area contributed by atoms with Crippen molar-refractivity contribution >= 4 is 0 Å². The Morgan fingerprint density at radius 3 is 2.79 bits per heavy atom. The van der Waals surface area contributed by atoms with Crippen LogP contribution in [0.3, 0.4) is 0 Å². The van der Waals surface area contributed by atoms with Crippen molar-refractivity contribution in [3.8, 4) is 11.8 Å². The number of alkyl halides is 2. The van der Waals surface area contributed by atoms with Gasteiger partial charge in [-0.3, -0.25) is 4.98 Å². The lowest BCUT2D eigenvalue weighted by Gasteiger charge is -2.09. The molecule has 0 unspecified atom stereocenters. The zero-order valence-electron chi connectivity index (χ0n) is 7.50. The van der Waals surface area contributed by atoms with Gasteiger partial charge < -0.3 is 4.74 Å². The first-order valence-corrected chi connectivity index (χ1v) is 3.86. The summed E-state index contributed by atoms with van der Waals surface area (Å²) in [6.45, 7) is 0. The van der Waals surface area contributed by atoms with Crippen LogP contribution in [0.4, 0.5) is 8.78 Å². The maximum atomic E-state index is 12.4. The average molecular weight is 198 g/mol. The highest BCUT2D eigenvalue weighted by Gasteiger charge is 2.17. The number of pyridine rings is 1. The Kier molecular flexibility index (Phi) is 3.35. The molecule has 0 amide bonds. The molecule has 0 bridgehead atoms. The Balaban J connectivity index is 3.19. The van der Waals surface area contributed by atoms with Crippen LogP contribution in [0.1, 0.15) is 17.6 Å². The molecule has 0 fully saturated rings. The number of hydrogen-bond acceptors (Lipinski definition) is 3. The maximum Gasteiger partial charge on any atom is 0.268 e. The van der Waals surface area contributed by atoms with Gasteiger partial charge >= 0.3 is 0 Å². The summed E-state index contributed by atoms with van der Waals surface area (Å²) in [6, 6.07) is 1.86. The van der Waals surface area contributed by atoms with Crippen LogP contribution in [-0.4, -0.2) is 12.1 Å². The summed E-state index contributed by atoms with van der Waals surface area (Å²) in [7, 11) is 1.29. The van der Waals surface area contributed by atoms with Crippen LogP contribution in [0.2, 0.25) is 0 Å². The lowest BCUT2D eigenvalue weighted by atomic mass is 10.1. The summed E-state index contributed by atoms with van der Waals surface area (Å²) in [6.07, 6.45) is -0.231. The minimum Gasteiger partial charge on any atom is -0.496 e. The predicted molar refractivity (Wildman–Crippen MR) is 45.1 cm³/mol. The smallest absolute Gasteiger partial charge is 0.268 e. The first kappa shape index (κ1) is 10.4. The van der Waals surface area contributed by atoms with E-state index in [0.29, 0.717) is 5.56 Å². The van der Waals surface area contributed by atoms with Gasteiger partial charge in [0.1, 0.15) is 5.75 Å². The van der Waals surface area contributed by atoms with Crippen molar-refractivity contribution < 1.29 is 13.5 Å². The molecule has 0 atom stereocenters. The lowest BCUT2D eigenvalue weighted by molar-refractivity contribution is 0.146. The van der Waals surface area contributed by atoms with E-state index in [4.69, 9.17) is 10.00 Å². The molecule has 0 spiro atoms. The van der Waals surface area contributed by atoms with Crippen molar-refractivity contribution in [1.29, 1.82) is 5.26 Å². The highest BCUT2D eigenvalue weighted by molar-refractivity contribution is 5.40. The number of aromatic nitrogens is 1. The first-order chi connectivity index (χ1) is 6.70. The number of halogens is 2. The summed E-state index contributed by atoms with van der Waals surface area (Å²) < 4.78 is 29.7. The van der Waals surface area contributed by atoms with Gasteiger partial charge in [-0.15, -0.1) is 0 Å². The zero-order valence-corrected chi connectivity index (χ0v) is 7.50. The quantitative estimate of drug-likeness (QED) is 0.747. The van der Waals surface area contributed by atoms with E-state index in [9.17, 15) is 8.78 Å². The third kappa shape index (κ3) is 1.96. The van der Waals surface area contributed by atoms with Gasteiger partial charge in [-0.05, 0) is 0 Å². The fraction of sp³-hybridized carbons (Fsp3) is 0.333. The third-order valence-corrected chi connectivity index (χ3v) is 1.71. The van der Waals surface area contributed by atoms with Crippen molar-refractivity contribution in [3.05, 3.63) is 23.5 Å². The van der Waals surface area contributed by atoms with E-state index in [1.807, 2.05) is 6.07 Å². The fourth-order valence-electron chi connectivity index (χ4n) is 1.13. The van der Waals surface area contributed by atoms with Gasteiger partial charge in [-0.25, -0.2) is 8.78 Å². The molecule has 74 valence electrons. The van der Waals surface area contributed by atoms with Crippen LogP contribution < -0.4 is 4.74 Å². The monoisotopic (exact) mass is 198 g/mol. The molecule has 0 radical (unpaired) electrons. The van der Waals surface area contributed by atoms with Gasteiger partial charge in [-0.2, -0.15) is 5.26 Å². The molecule has 1 rings (SSSR count). The number of methoxy groups -OCH3 is 1. The minimum atomic E-state index is -2.64. The summed E-state index contributed by atoms with van der Waals surface area (Å²) in [5.41, 5.74) is 0.105. The van der Waals surface area contributed by atoms with Crippen LogP contribution in [0.25, 0.3) is 0 Å². The van der Waals surface area contributed by atoms with Crippen LogP contribution in [0.5, 0.6) is 5.75 Å². The van der Waals surface area contributed by atoms with E-state index >= 15 is 0 Å². The van der Waals surface area contributed by atoms with Gasteiger partial charge in [0.25, 0.3) is 6.43 Å². The molecule has 0 saturated heterocycles. The van der Waals surface area contributed by atoms with Gasteiger partial charge in [0.15, 0.2) is 0 Å². The molecule has 1 aromatic rings. The van der Waals surface area contributed by atoms with Crippen molar-refractivity contribution in [1.82, 2.24) is 4.98 Å². The highest BCUT2D eigenvalue weighted by atomic mass is 19.3. The van der Waals surface area contributed by atoms with Crippen LogP contribution in [0.15, 0.2) is 12.4 Å². The fourth-order valence-corrected chi connectivity index (χ4v) is 1.13. The molecule has 0 aromatic carbocycles. The van der Waals surface area contributed by atoms with Gasteiger partial charge in [0.05, 0.1) is 25.2 Å². The van der Waals surface area contributed by atoms with Gasteiger partial charge in [-0.1, -0.05) is 0 Å². The van der Waals surface area contributed by atoms with E-state index in [2.05, 4.69) is 4.98 Å². The number of ether oxygens (including phenoxy) is 1. The molecule has 0 saturated carbocycles. The molecule has 14 heavy (non-hydrogen) atoms. The average Bonchev–Trinajstić information content (AvgIpc) is 2.18. The van der Waals surface area contributed by atoms with E-state index in [1.165, 1.54) is 13.3 Å². The molecule has 0 aliphatic carbocycles. The normalized spacial score (nSPS) is 9.93. The van der Waals surface area contributed by atoms with Crippen molar-refractivity contribution in [3.63, 3.8) is 0 Å². The predicted octanol–water partition coefficient (Wildman–Crippen LogP) is 2.09.